The normalized spacial score (nSPS) is 17.3. The van der Waals surface area contributed by atoms with Crippen LogP contribution in [0.1, 0.15) is 80.6 Å². The smallest absolute Gasteiger partial charge is 0.257 e. The number of benzene rings is 3. The summed E-state index contributed by atoms with van der Waals surface area (Å²) in [4.78, 5) is 31.3. The lowest BCUT2D eigenvalue weighted by molar-refractivity contribution is -0.123. The minimum absolute atomic E-state index is 0.0170. The van der Waals surface area contributed by atoms with Gasteiger partial charge in [0.25, 0.3) is 5.91 Å². The third-order valence-electron chi connectivity index (χ3n) is 8.08. The largest absolute Gasteiger partial charge is 0.370 e. The zero-order chi connectivity index (χ0) is 29.9. The molecule has 0 spiro atoms. The first-order valence-corrected chi connectivity index (χ1v) is 14.5. The molecule has 0 radical (unpaired) electrons. The van der Waals surface area contributed by atoms with Gasteiger partial charge in [0.1, 0.15) is 11.6 Å². The van der Waals surface area contributed by atoms with Gasteiger partial charge < -0.3 is 15.1 Å². The van der Waals surface area contributed by atoms with Gasteiger partial charge in [-0.25, -0.2) is 8.78 Å². The van der Waals surface area contributed by atoms with E-state index in [0.717, 1.165) is 5.56 Å². The standard InChI is InChI=1S/C34H41F2N3O2/c1-7-38(8-2)29-18-17-23(20-28(29)36)31-26(32(40)37-25-14-10-13-24(21-25)34(4,5)6)15-11-19-39(31)33(41)30-22(3)12-9-16-27(30)35/h9-10,12-14,16-18,20-21,26,31H,7-8,11,15,19H2,1-6H3,(H,37,40). The maximum atomic E-state index is 15.5. The number of anilines is 2. The van der Waals surface area contributed by atoms with Crippen LogP contribution in [0.25, 0.3) is 0 Å². The van der Waals surface area contributed by atoms with Gasteiger partial charge in [-0.05, 0) is 86.1 Å². The number of piperidine rings is 1. The molecule has 5 nitrogen and oxygen atoms in total. The van der Waals surface area contributed by atoms with E-state index >= 15 is 4.39 Å². The fourth-order valence-corrected chi connectivity index (χ4v) is 5.78. The Hall–Kier alpha value is -3.74. The molecule has 4 rings (SSSR count). The van der Waals surface area contributed by atoms with Crippen LogP contribution >= 0.6 is 0 Å². The molecule has 1 heterocycles. The predicted octanol–water partition coefficient (Wildman–Crippen LogP) is 7.65. The van der Waals surface area contributed by atoms with Crippen molar-refractivity contribution in [1.82, 2.24) is 4.90 Å². The van der Waals surface area contributed by atoms with Crippen LogP contribution in [-0.2, 0) is 10.2 Å². The van der Waals surface area contributed by atoms with Gasteiger partial charge in [0.15, 0.2) is 0 Å². The minimum atomic E-state index is -0.763. The van der Waals surface area contributed by atoms with Crippen molar-refractivity contribution in [3.05, 3.63) is 94.6 Å². The Morgan fingerprint density at radius 3 is 2.32 bits per heavy atom. The van der Waals surface area contributed by atoms with Gasteiger partial charge in [0.05, 0.1) is 23.2 Å². The van der Waals surface area contributed by atoms with Crippen molar-refractivity contribution in [2.24, 2.45) is 5.92 Å². The zero-order valence-corrected chi connectivity index (χ0v) is 24.9. The molecule has 7 heteroatoms. The van der Waals surface area contributed by atoms with Gasteiger partial charge in [0.2, 0.25) is 5.91 Å². The van der Waals surface area contributed by atoms with E-state index in [1.54, 1.807) is 36.1 Å². The number of halogens is 2. The molecule has 2 unspecified atom stereocenters. The molecule has 2 amide bonds. The van der Waals surface area contributed by atoms with Gasteiger partial charge in [-0.3, -0.25) is 9.59 Å². The quantitative estimate of drug-likeness (QED) is 0.322. The highest BCUT2D eigenvalue weighted by Gasteiger charge is 2.41. The Labute approximate surface area is 242 Å². The first-order chi connectivity index (χ1) is 19.5. The van der Waals surface area contributed by atoms with Gasteiger partial charge in [0, 0.05) is 25.3 Å². The Balaban J connectivity index is 1.76. The zero-order valence-electron chi connectivity index (χ0n) is 24.9. The van der Waals surface area contributed by atoms with Crippen LogP contribution in [0.2, 0.25) is 0 Å². The highest BCUT2D eigenvalue weighted by atomic mass is 19.1. The summed E-state index contributed by atoms with van der Waals surface area (Å²) in [5, 5.41) is 3.06. The number of amides is 2. The molecule has 218 valence electrons. The van der Waals surface area contributed by atoms with Gasteiger partial charge in [-0.2, -0.15) is 0 Å². The van der Waals surface area contributed by atoms with Crippen LogP contribution in [-0.4, -0.2) is 36.3 Å². The van der Waals surface area contributed by atoms with Crippen molar-refractivity contribution in [2.45, 2.75) is 65.8 Å². The van der Waals surface area contributed by atoms with Crippen LogP contribution in [0, 0.1) is 24.5 Å². The lowest BCUT2D eigenvalue weighted by Crippen LogP contribution is -2.47. The second-order valence-electron chi connectivity index (χ2n) is 11.8. The molecule has 0 saturated carbocycles. The number of nitrogens with one attached hydrogen (secondary N) is 1. The van der Waals surface area contributed by atoms with Gasteiger partial charge in [-0.1, -0.05) is 51.1 Å². The van der Waals surface area contributed by atoms with E-state index in [0.29, 0.717) is 55.0 Å². The fourth-order valence-electron chi connectivity index (χ4n) is 5.78. The number of carbonyl (C=O) groups excluding carboxylic acids is 2. The first-order valence-electron chi connectivity index (χ1n) is 14.5. The minimum Gasteiger partial charge on any atom is -0.370 e. The third-order valence-corrected chi connectivity index (χ3v) is 8.08. The number of hydrogen-bond donors (Lipinski definition) is 1. The average Bonchev–Trinajstić information content (AvgIpc) is 2.93. The SMILES string of the molecule is CCN(CC)c1ccc(C2C(C(=O)Nc3cccc(C(C)(C)C)c3)CCCN2C(=O)c2c(C)cccc2F)cc1F. The van der Waals surface area contributed by atoms with Gasteiger partial charge in [-0.15, -0.1) is 0 Å². The van der Waals surface area contributed by atoms with Crippen molar-refractivity contribution in [2.75, 3.05) is 29.9 Å². The third kappa shape index (κ3) is 6.45. The molecule has 1 aliphatic rings. The van der Waals surface area contributed by atoms with E-state index < -0.39 is 29.5 Å². The maximum absolute atomic E-state index is 15.5. The van der Waals surface area contributed by atoms with Gasteiger partial charge >= 0.3 is 0 Å². The monoisotopic (exact) mass is 561 g/mol. The molecule has 1 fully saturated rings. The second-order valence-corrected chi connectivity index (χ2v) is 11.8. The summed E-state index contributed by atoms with van der Waals surface area (Å²) in [6, 6.07) is 16.4. The van der Waals surface area contributed by atoms with E-state index in [1.165, 1.54) is 12.1 Å². The molecular formula is C34H41F2N3O2. The summed E-state index contributed by atoms with van der Waals surface area (Å²) in [5.41, 5.74) is 3.13. The molecule has 1 saturated heterocycles. The fraction of sp³-hybridized carbons (Fsp3) is 0.412. The Morgan fingerprint density at radius 1 is 0.976 bits per heavy atom. The van der Waals surface area contributed by atoms with Crippen LogP contribution < -0.4 is 10.2 Å². The molecule has 3 aromatic carbocycles. The van der Waals surface area contributed by atoms with E-state index in [-0.39, 0.29) is 16.9 Å². The number of carbonyl (C=O) groups is 2. The summed E-state index contributed by atoms with van der Waals surface area (Å²) in [5.74, 6) is -2.43. The van der Waals surface area contributed by atoms with Crippen molar-refractivity contribution < 1.29 is 18.4 Å². The molecule has 0 aromatic heterocycles. The Morgan fingerprint density at radius 2 is 1.68 bits per heavy atom. The number of hydrogen-bond acceptors (Lipinski definition) is 3. The second kappa shape index (κ2) is 12.4. The maximum Gasteiger partial charge on any atom is 0.257 e. The summed E-state index contributed by atoms with van der Waals surface area (Å²) < 4.78 is 30.5. The van der Waals surface area contributed by atoms with Crippen LogP contribution in [0.5, 0.6) is 0 Å². The summed E-state index contributed by atoms with van der Waals surface area (Å²) in [7, 11) is 0. The van der Waals surface area contributed by atoms with E-state index in [9.17, 15) is 14.0 Å². The van der Waals surface area contributed by atoms with E-state index in [2.05, 4.69) is 26.1 Å². The number of rotatable bonds is 7. The Kier molecular flexibility index (Phi) is 9.15. The lowest BCUT2D eigenvalue weighted by Gasteiger charge is -2.41. The first kappa shape index (κ1) is 30.2. The molecule has 0 bridgehead atoms. The van der Waals surface area contributed by atoms with Crippen molar-refractivity contribution in [1.29, 1.82) is 0 Å². The number of aryl methyl sites for hydroxylation is 1. The molecule has 41 heavy (non-hydrogen) atoms. The summed E-state index contributed by atoms with van der Waals surface area (Å²) in [6.07, 6.45) is 1.07. The topological polar surface area (TPSA) is 52.7 Å². The number of likely N-dealkylation sites (tertiary alicyclic amines) is 1. The Bertz CT molecular complexity index is 1390. The van der Waals surface area contributed by atoms with Crippen molar-refractivity contribution in [3.63, 3.8) is 0 Å². The van der Waals surface area contributed by atoms with Crippen molar-refractivity contribution >= 4 is 23.2 Å². The number of nitrogens with zero attached hydrogens (tertiary/aromatic N) is 2. The summed E-state index contributed by atoms with van der Waals surface area (Å²) >= 11 is 0. The van der Waals surface area contributed by atoms with Crippen LogP contribution in [0.3, 0.4) is 0 Å². The van der Waals surface area contributed by atoms with E-state index in [1.807, 2.05) is 43.0 Å². The predicted molar refractivity (Wildman–Crippen MR) is 161 cm³/mol. The van der Waals surface area contributed by atoms with Crippen molar-refractivity contribution in [3.8, 4) is 0 Å². The summed E-state index contributed by atoms with van der Waals surface area (Å²) in [6.45, 7) is 13.6. The van der Waals surface area contributed by atoms with Crippen LogP contribution in [0.4, 0.5) is 20.2 Å². The highest BCUT2D eigenvalue weighted by Crippen LogP contribution is 2.40. The molecule has 0 aliphatic carbocycles. The molecule has 3 aromatic rings. The lowest BCUT2D eigenvalue weighted by atomic mass is 9.83. The van der Waals surface area contributed by atoms with E-state index in [4.69, 9.17) is 0 Å². The average molecular weight is 562 g/mol. The highest BCUT2D eigenvalue weighted by molar-refractivity contribution is 5.98. The molecule has 1 aliphatic heterocycles. The molecule has 2 atom stereocenters. The molecule has 1 N–H and O–H groups in total. The van der Waals surface area contributed by atoms with Crippen LogP contribution in [0.15, 0.2) is 60.7 Å². The molecular weight excluding hydrogens is 520 g/mol.